The molecule has 0 spiro atoms. The van der Waals surface area contributed by atoms with Crippen molar-refractivity contribution in [3.63, 3.8) is 0 Å². The summed E-state index contributed by atoms with van der Waals surface area (Å²) in [5.41, 5.74) is 8.29. The fraction of sp³-hybridized carbons (Fsp3) is 0.214. The van der Waals surface area contributed by atoms with Gasteiger partial charge in [0.25, 0.3) is 0 Å². The summed E-state index contributed by atoms with van der Waals surface area (Å²) in [5, 5.41) is 7.56. The monoisotopic (exact) mass is 780 g/mol. The smallest absolute Gasteiger partial charge is 0.136 e. The Bertz CT molecular complexity index is 2820. The van der Waals surface area contributed by atoms with E-state index in [2.05, 4.69) is 235 Å². The van der Waals surface area contributed by atoms with Crippen molar-refractivity contribution in [2.24, 2.45) is 9.98 Å². The summed E-state index contributed by atoms with van der Waals surface area (Å²) in [5.74, 6) is 2.03. The fourth-order valence-corrected chi connectivity index (χ4v) is 9.40. The molecule has 10 rings (SSSR count). The second-order valence-electron chi connectivity index (χ2n) is 18.7. The van der Waals surface area contributed by atoms with Gasteiger partial charge in [-0.05, 0) is 146 Å². The van der Waals surface area contributed by atoms with Gasteiger partial charge in [-0.1, -0.05) is 133 Å². The van der Waals surface area contributed by atoms with Crippen LogP contribution in [0.25, 0.3) is 54.6 Å². The Hall–Kier alpha value is -6.52. The van der Waals surface area contributed by atoms with Gasteiger partial charge < -0.3 is 9.80 Å². The summed E-state index contributed by atoms with van der Waals surface area (Å²) in [6, 6.07) is 62.1. The van der Waals surface area contributed by atoms with Crippen LogP contribution in [0, 0.1) is 0 Å². The van der Waals surface area contributed by atoms with Crippen LogP contribution in [-0.4, -0.2) is 33.8 Å². The summed E-state index contributed by atoms with van der Waals surface area (Å²) in [4.78, 5) is 15.5. The van der Waals surface area contributed by atoms with E-state index >= 15 is 0 Å². The van der Waals surface area contributed by atoms with Crippen molar-refractivity contribution < 1.29 is 0 Å². The van der Waals surface area contributed by atoms with E-state index in [0.717, 1.165) is 34.2 Å². The SMILES string of the molecule is CC1(C)N=C(c2ccccc2)N(c2cccc(-c3ccc4c5ccc(-c6cccc(N7C(c8ccccc8)=NC(C)(C)C7(C)C)c6)cc5c5ccccc5c4c3)c2)C1(C)C. The highest BCUT2D eigenvalue weighted by atomic mass is 15.3. The molecule has 0 atom stereocenters. The molecule has 0 radical (unpaired) electrons. The third-order valence-corrected chi connectivity index (χ3v) is 14.1. The van der Waals surface area contributed by atoms with E-state index in [1.165, 1.54) is 54.6 Å². The van der Waals surface area contributed by atoms with E-state index in [4.69, 9.17) is 9.98 Å². The maximum atomic E-state index is 5.32. The Labute approximate surface area is 354 Å². The highest BCUT2D eigenvalue weighted by molar-refractivity contribution is 6.26. The lowest BCUT2D eigenvalue weighted by Gasteiger charge is -2.41. The van der Waals surface area contributed by atoms with Gasteiger partial charge in [0.1, 0.15) is 11.7 Å². The average Bonchev–Trinajstić information content (AvgIpc) is 3.58. The van der Waals surface area contributed by atoms with Crippen molar-refractivity contribution in [3.8, 4) is 22.3 Å². The number of hydrogen-bond donors (Lipinski definition) is 0. The maximum Gasteiger partial charge on any atom is 0.136 e. The predicted octanol–water partition coefficient (Wildman–Crippen LogP) is 14.1. The zero-order chi connectivity index (χ0) is 41.6. The lowest BCUT2D eigenvalue weighted by molar-refractivity contribution is 0.338. The Kier molecular flexibility index (Phi) is 8.49. The van der Waals surface area contributed by atoms with E-state index < -0.39 is 0 Å². The molecule has 2 aliphatic rings. The average molecular weight is 781 g/mol. The molecular formula is C56H52N4. The number of rotatable bonds is 6. The summed E-state index contributed by atoms with van der Waals surface area (Å²) >= 11 is 0. The summed E-state index contributed by atoms with van der Waals surface area (Å²) in [7, 11) is 0. The number of hydrogen-bond acceptors (Lipinski definition) is 4. The summed E-state index contributed by atoms with van der Waals surface area (Å²) in [6.07, 6.45) is 0. The van der Waals surface area contributed by atoms with Crippen LogP contribution in [-0.2, 0) is 0 Å². The minimum atomic E-state index is -0.275. The van der Waals surface area contributed by atoms with Gasteiger partial charge in [0.05, 0.1) is 22.2 Å². The minimum Gasteiger partial charge on any atom is -0.318 e. The summed E-state index contributed by atoms with van der Waals surface area (Å²) < 4.78 is 0. The molecule has 2 aliphatic heterocycles. The van der Waals surface area contributed by atoms with Crippen LogP contribution in [0.1, 0.15) is 66.5 Å². The molecule has 0 fully saturated rings. The van der Waals surface area contributed by atoms with Crippen molar-refractivity contribution in [1.82, 2.24) is 0 Å². The first-order valence-corrected chi connectivity index (χ1v) is 21.3. The van der Waals surface area contributed by atoms with Crippen LogP contribution < -0.4 is 9.80 Å². The Morgan fingerprint density at radius 1 is 0.300 bits per heavy atom. The Balaban J connectivity index is 1.06. The standard InChI is InChI=1S/C56H52N4/c1-53(2)55(5,6)59(51(57-53)37-19-11-9-12-20-37)43-25-17-23-39(33-43)41-29-31-47-48-32-30-42(36-50(48)46-28-16-15-27-45(46)49(47)35-41)40-24-18-26-44(34-40)60-52(38-21-13-10-14-22-38)58-54(3,4)56(60,7)8/h9-36H,1-8H3. The van der Waals surface area contributed by atoms with Crippen LogP contribution in [0.15, 0.2) is 180 Å². The molecule has 0 aliphatic carbocycles. The van der Waals surface area contributed by atoms with E-state index in [-0.39, 0.29) is 22.2 Å². The van der Waals surface area contributed by atoms with Gasteiger partial charge in [-0.25, -0.2) is 0 Å². The molecule has 0 saturated heterocycles. The van der Waals surface area contributed by atoms with E-state index in [9.17, 15) is 0 Å². The second kappa shape index (κ2) is 13.5. The lowest BCUT2D eigenvalue weighted by Crippen LogP contribution is -2.53. The molecule has 0 bridgehead atoms. The summed E-state index contributed by atoms with van der Waals surface area (Å²) in [6.45, 7) is 18.2. The number of benzene rings is 8. The van der Waals surface area contributed by atoms with E-state index in [1.807, 2.05) is 0 Å². The quantitative estimate of drug-likeness (QED) is 0.157. The number of aliphatic imine (C=N–C) groups is 2. The zero-order valence-electron chi connectivity index (χ0n) is 36.0. The first kappa shape index (κ1) is 37.7. The van der Waals surface area contributed by atoms with Gasteiger partial charge in [-0.15, -0.1) is 0 Å². The molecule has 0 unspecified atom stereocenters. The minimum absolute atomic E-state index is 0.240. The highest BCUT2D eigenvalue weighted by Crippen LogP contribution is 2.46. The topological polar surface area (TPSA) is 31.2 Å². The first-order valence-electron chi connectivity index (χ1n) is 21.3. The first-order chi connectivity index (χ1) is 28.7. The number of fused-ring (bicyclic) bond motifs is 6. The van der Waals surface area contributed by atoms with Crippen molar-refractivity contribution in [1.29, 1.82) is 0 Å². The molecule has 8 aromatic carbocycles. The van der Waals surface area contributed by atoms with Crippen molar-refractivity contribution in [2.45, 2.75) is 77.5 Å². The molecule has 60 heavy (non-hydrogen) atoms. The number of amidine groups is 2. The second-order valence-corrected chi connectivity index (χ2v) is 18.7. The largest absolute Gasteiger partial charge is 0.318 e. The van der Waals surface area contributed by atoms with Gasteiger partial charge in [0.15, 0.2) is 0 Å². The molecule has 0 N–H and O–H groups in total. The van der Waals surface area contributed by atoms with Crippen LogP contribution in [0.3, 0.4) is 0 Å². The normalized spacial score (nSPS) is 17.7. The molecule has 296 valence electrons. The van der Waals surface area contributed by atoms with Crippen LogP contribution in [0.2, 0.25) is 0 Å². The molecular weight excluding hydrogens is 729 g/mol. The van der Waals surface area contributed by atoms with Gasteiger partial charge >= 0.3 is 0 Å². The molecule has 2 heterocycles. The lowest BCUT2D eigenvalue weighted by atomic mass is 9.82. The molecule has 4 nitrogen and oxygen atoms in total. The van der Waals surface area contributed by atoms with E-state index in [0.29, 0.717) is 0 Å². The van der Waals surface area contributed by atoms with Gasteiger partial charge in [0.2, 0.25) is 0 Å². The third-order valence-electron chi connectivity index (χ3n) is 14.1. The molecule has 0 aromatic heterocycles. The fourth-order valence-electron chi connectivity index (χ4n) is 9.40. The number of nitrogens with zero attached hydrogens (tertiary/aromatic N) is 4. The molecule has 8 aromatic rings. The van der Waals surface area contributed by atoms with Crippen LogP contribution in [0.5, 0.6) is 0 Å². The van der Waals surface area contributed by atoms with Gasteiger partial charge in [-0.2, -0.15) is 0 Å². The van der Waals surface area contributed by atoms with Crippen LogP contribution in [0.4, 0.5) is 11.4 Å². The zero-order valence-corrected chi connectivity index (χ0v) is 36.0. The van der Waals surface area contributed by atoms with E-state index in [1.54, 1.807) is 0 Å². The van der Waals surface area contributed by atoms with Crippen molar-refractivity contribution in [2.75, 3.05) is 9.80 Å². The number of anilines is 2. The Morgan fingerprint density at radius 2 is 0.633 bits per heavy atom. The van der Waals surface area contributed by atoms with Crippen molar-refractivity contribution >= 4 is 55.4 Å². The molecule has 0 amide bonds. The van der Waals surface area contributed by atoms with Gasteiger partial charge in [-0.3, -0.25) is 9.98 Å². The third kappa shape index (κ3) is 5.79. The van der Waals surface area contributed by atoms with Crippen LogP contribution >= 0.6 is 0 Å². The molecule has 4 heteroatoms. The predicted molar refractivity (Wildman–Crippen MR) is 257 cm³/mol. The highest BCUT2D eigenvalue weighted by Gasteiger charge is 2.51. The van der Waals surface area contributed by atoms with Crippen molar-refractivity contribution in [3.05, 3.63) is 181 Å². The van der Waals surface area contributed by atoms with Gasteiger partial charge in [0, 0.05) is 22.5 Å². The molecule has 0 saturated carbocycles. The Morgan fingerprint density at radius 3 is 1.03 bits per heavy atom. The maximum absolute atomic E-state index is 5.32.